The highest BCUT2D eigenvalue weighted by Gasteiger charge is 2.17. The third-order valence-electron chi connectivity index (χ3n) is 3.23. The summed E-state index contributed by atoms with van der Waals surface area (Å²) in [5, 5.41) is 9.38. The number of hydrogen-bond donors (Lipinski definition) is 0. The van der Waals surface area contributed by atoms with Gasteiger partial charge in [-0.3, -0.25) is 0 Å². The van der Waals surface area contributed by atoms with Gasteiger partial charge in [0.05, 0.1) is 18.8 Å². The first-order chi connectivity index (χ1) is 10.3. The lowest BCUT2D eigenvalue weighted by Crippen LogP contribution is -1.92. The number of ether oxygens (including phenoxy) is 3. The first-order valence-electron chi connectivity index (χ1n) is 6.46. The van der Waals surface area contributed by atoms with Crippen molar-refractivity contribution in [1.82, 2.24) is 0 Å². The van der Waals surface area contributed by atoms with Crippen molar-refractivity contribution in [3.05, 3.63) is 53.6 Å². The highest BCUT2D eigenvalue weighted by Crippen LogP contribution is 2.39. The molecule has 4 heteroatoms. The molecular weight excluding hydrogens is 266 g/mol. The maximum Gasteiger partial charge on any atom is 0.231 e. The van der Waals surface area contributed by atoms with Crippen LogP contribution in [0.3, 0.4) is 0 Å². The largest absolute Gasteiger partial charge is 0.496 e. The van der Waals surface area contributed by atoms with Crippen LogP contribution in [0.25, 0.3) is 11.6 Å². The average molecular weight is 279 g/mol. The fourth-order valence-corrected chi connectivity index (χ4v) is 2.18. The van der Waals surface area contributed by atoms with Gasteiger partial charge < -0.3 is 14.2 Å². The van der Waals surface area contributed by atoms with Crippen molar-refractivity contribution in [2.24, 2.45) is 0 Å². The Kier molecular flexibility index (Phi) is 3.48. The molecule has 104 valence electrons. The van der Waals surface area contributed by atoms with E-state index in [1.54, 1.807) is 19.3 Å². The minimum atomic E-state index is 0.204. The van der Waals surface area contributed by atoms with Crippen molar-refractivity contribution in [1.29, 1.82) is 5.26 Å². The predicted molar refractivity (Wildman–Crippen MR) is 79.0 cm³/mol. The Morgan fingerprint density at radius 1 is 1.19 bits per heavy atom. The molecule has 0 spiro atoms. The first-order valence-corrected chi connectivity index (χ1v) is 6.46. The summed E-state index contributed by atoms with van der Waals surface area (Å²) < 4.78 is 16.1. The Morgan fingerprint density at radius 3 is 2.57 bits per heavy atom. The first kappa shape index (κ1) is 13.1. The maximum absolute atomic E-state index is 9.38. The Hall–Kier alpha value is -2.93. The molecule has 0 bridgehead atoms. The van der Waals surface area contributed by atoms with Gasteiger partial charge in [0, 0.05) is 11.6 Å². The van der Waals surface area contributed by atoms with Gasteiger partial charge in [0.2, 0.25) is 6.79 Å². The fraction of sp³-hybridized carbons (Fsp3) is 0.118. The van der Waals surface area contributed by atoms with Gasteiger partial charge in [-0.05, 0) is 17.7 Å². The Morgan fingerprint density at radius 2 is 1.90 bits per heavy atom. The molecule has 0 radical (unpaired) electrons. The summed E-state index contributed by atoms with van der Waals surface area (Å²) >= 11 is 0. The van der Waals surface area contributed by atoms with Crippen LogP contribution in [0.1, 0.15) is 11.1 Å². The van der Waals surface area contributed by atoms with E-state index in [2.05, 4.69) is 6.07 Å². The summed E-state index contributed by atoms with van der Waals surface area (Å²) in [7, 11) is 1.59. The van der Waals surface area contributed by atoms with E-state index >= 15 is 0 Å². The van der Waals surface area contributed by atoms with Gasteiger partial charge in [-0.1, -0.05) is 30.3 Å². The lowest BCUT2D eigenvalue weighted by Gasteiger charge is -2.07. The zero-order chi connectivity index (χ0) is 14.7. The van der Waals surface area contributed by atoms with E-state index in [0.717, 1.165) is 11.1 Å². The molecule has 1 heterocycles. The summed E-state index contributed by atoms with van der Waals surface area (Å²) in [4.78, 5) is 0. The third-order valence-corrected chi connectivity index (χ3v) is 3.23. The third kappa shape index (κ3) is 2.54. The standard InChI is InChI=1S/C17H13NO3/c1-19-15-9-17-16(20-11-21-17)8-13(15)7-14(10-18)12-5-3-2-4-6-12/h2-9H,11H2,1H3. The fourth-order valence-electron chi connectivity index (χ4n) is 2.18. The van der Waals surface area contributed by atoms with Crippen LogP contribution in [0.4, 0.5) is 0 Å². The molecule has 3 rings (SSSR count). The lowest BCUT2D eigenvalue weighted by molar-refractivity contribution is 0.174. The van der Waals surface area contributed by atoms with E-state index in [9.17, 15) is 5.26 Å². The normalized spacial score (nSPS) is 12.9. The van der Waals surface area contributed by atoms with Crippen molar-refractivity contribution in [3.63, 3.8) is 0 Å². The summed E-state index contributed by atoms with van der Waals surface area (Å²) in [5.41, 5.74) is 2.20. The van der Waals surface area contributed by atoms with Crippen LogP contribution in [0.5, 0.6) is 17.2 Å². The summed E-state index contributed by atoms with van der Waals surface area (Å²) in [6.07, 6.45) is 1.79. The molecule has 0 N–H and O–H groups in total. The van der Waals surface area contributed by atoms with Crippen molar-refractivity contribution < 1.29 is 14.2 Å². The molecule has 2 aromatic carbocycles. The van der Waals surface area contributed by atoms with Crippen molar-refractivity contribution >= 4 is 11.6 Å². The number of allylic oxidation sites excluding steroid dienone is 1. The SMILES string of the molecule is COc1cc2c(cc1C=C(C#N)c1ccccc1)OCO2. The molecular formula is C17H13NO3. The van der Waals surface area contributed by atoms with Gasteiger partial charge in [0.1, 0.15) is 5.75 Å². The Balaban J connectivity index is 2.08. The molecule has 0 amide bonds. The van der Waals surface area contributed by atoms with Crippen LogP contribution in [0.15, 0.2) is 42.5 Å². The molecule has 0 unspecified atom stereocenters. The van der Waals surface area contributed by atoms with Gasteiger partial charge >= 0.3 is 0 Å². The van der Waals surface area contributed by atoms with Gasteiger partial charge in [-0.2, -0.15) is 5.26 Å². The predicted octanol–water partition coefficient (Wildman–Crippen LogP) is 3.49. The lowest BCUT2D eigenvalue weighted by atomic mass is 10.0. The minimum absolute atomic E-state index is 0.204. The molecule has 4 nitrogen and oxygen atoms in total. The molecule has 0 saturated heterocycles. The van der Waals surface area contributed by atoms with Crippen LogP contribution in [0.2, 0.25) is 0 Å². The van der Waals surface area contributed by atoms with Crippen LogP contribution in [-0.2, 0) is 0 Å². The molecule has 21 heavy (non-hydrogen) atoms. The topological polar surface area (TPSA) is 51.5 Å². The highest BCUT2D eigenvalue weighted by atomic mass is 16.7. The minimum Gasteiger partial charge on any atom is -0.496 e. The van der Waals surface area contributed by atoms with Gasteiger partial charge in [0.15, 0.2) is 11.5 Å². The molecule has 0 atom stereocenters. The molecule has 2 aromatic rings. The molecule has 0 saturated carbocycles. The Labute approximate surface area is 122 Å². The molecule has 0 aromatic heterocycles. The van der Waals surface area contributed by atoms with E-state index < -0.39 is 0 Å². The summed E-state index contributed by atoms with van der Waals surface area (Å²) in [5.74, 6) is 1.96. The maximum atomic E-state index is 9.38. The smallest absolute Gasteiger partial charge is 0.231 e. The van der Waals surface area contributed by atoms with Crippen molar-refractivity contribution in [3.8, 4) is 23.3 Å². The Bertz CT molecular complexity index is 730. The van der Waals surface area contributed by atoms with Crippen LogP contribution >= 0.6 is 0 Å². The zero-order valence-electron chi connectivity index (χ0n) is 11.5. The number of fused-ring (bicyclic) bond motifs is 1. The summed E-state index contributed by atoms with van der Waals surface area (Å²) in [6, 6.07) is 15.3. The molecule has 1 aliphatic rings. The number of benzene rings is 2. The number of rotatable bonds is 3. The zero-order valence-corrected chi connectivity index (χ0v) is 11.5. The number of nitrogens with zero attached hydrogens (tertiary/aromatic N) is 1. The number of nitriles is 1. The van der Waals surface area contributed by atoms with Crippen molar-refractivity contribution in [2.75, 3.05) is 13.9 Å². The molecule has 0 fully saturated rings. The van der Waals surface area contributed by atoms with Gasteiger partial charge in [-0.15, -0.1) is 0 Å². The second-order valence-corrected chi connectivity index (χ2v) is 4.48. The van der Waals surface area contributed by atoms with E-state index in [1.807, 2.05) is 36.4 Å². The summed E-state index contributed by atoms with van der Waals surface area (Å²) in [6.45, 7) is 0.204. The molecule has 1 aliphatic heterocycles. The van der Waals surface area contributed by atoms with Crippen LogP contribution < -0.4 is 14.2 Å². The monoisotopic (exact) mass is 279 g/mol. The van der Waals surface area contributed by atoms with Gasteiger partial charge in [0.25, 0.3) is 0 Å². The van der Waals surface area contributed by atoms with E-state index in [1.165, 1.54) is 0 Å². The van der Waals surface area contributed by atoms with Crippen LogP contribution in [-0.4, -0.2) is 13.9 Å². The highest BCUT2D eigenvalue weighted by molar-refractivity contribution is 5.91. The number of methoxy groups -OCH3 is 1. The molecule has 0 aliphatic carbocycles. The number of hydrogen-bond acceptors (Lipinski definition) is 4. The van der Waals surface area contributed by atoms with E-state index in [-0.39, 0.29) is 6.79 Å². The van der Waals surface area contributed by atoms with E-state index in [4.69, 9.17) is 14.2 Å². The van der Waals surface area contributed by atoms with Gasteiger partial charge in [-0.25, -0.2) is 0 Å². The second-order valence-electron chi connectivity index (χ2n) is 4.48. The second kappa shape index (κ2) is 5.59. The van der Waals surface area contributed by atoms with E-state index in [0.29, 0.717) is 22.8 Å². The quantitative estimate of drug-likeness (QED) is 0.637. The van der Waals surface area contributed by atoms with Crippen LogP contribution in [0, 0.1) is 11.3 Å². The average Bonchev–Trinajstić information content (AvgIpc) is 2.99. The van der Waals surface area contributed by atoms with Crippen molar-refractivity contribution in [2.45, 2.75) is 0 Å².